The van der Waals surface area contributed by atoms with E-state index in [2.05, 4.69) is 63.1 Å². The zero-order chi connectivity index (χ0) is 34.4. The van der Waals surface area contributed by atoms with Crippen LogP contribution in [0.1, 0.15) is 0 Å². The Morgan fingerprint density at radius 1 is 0.385 bits per heavy atom. The molecule has 10 aromatic rings. The van der Waals surface area contributed by atoms with Crippen molar-refractivity contribution in [2.24, 2.45) is 0 Å². The summed E-state index contributed by atoms with van der Waals surface area (Å²) in [6.45, 7) is 0. The Labute approximate surface area is 297 Å². The number of fused-ring (bicyclic) bond motifs is 4. The van der Waals surface area contributed by atoms with E-state index in [1.807, 2.05) is 109 Å². The SMILES string of the molecule is c1ccc(-c2ccc(-c3nc4ncnc(-c5ccc6c(c5)c5ccccc5n6-c5nc(-c6ccccc6)nc(-c6ccccc6)n5)n4n3)cc2)cc1. The third-order valence-electron chi connectivity index (χ3n) is 9.21. The number of para-hydroxylation sites is 1. The number of aromatic nitrogens is 9. The Morgan fingerprint density at radius 2 is 0.923 bits per heavy atom. The molecule has 0 saturated heterocycles. The molecule has 0 radical (unpaired) electrons. The second-order valence-corrected chi connectivity index (χ2v) is 12.4. The van der Waals surface area contributed by atoms with Gasteiger partial charge in [0.1, 0.15) is 6.33 Å². The molecular weight excluding hydrogens is 643 g/mol. The molecule has 0 saturated carbocycles. The predicted molar refractivity (Wildman–Crippen MR) is 203 cm³/mol. The summed E-state index contributed by atoms with van der Waals surface area (Å²) in [6, 6.07) is 53.2. The van der Waals surface area contributed by atoms with E-state index < -0.39 is 0 Å². The molecule has 0 aliphatic carbocycles. The van der Waals surface area contributed by atoms with Crippen LogP contribution in [0.5, 0.6) is 0 Å². The molecule has 0 bridgehead atoms. The first-order chi connectivity index (χ1) is 25.8. The molecule has 244 valence electrons. The van der Waals surface area contributed by atoms with Crippen molar-refractivity contribution in [2.75, 3.05) is 0 Å². The monoisotopic (exact) mass is 669 g/mol. The molecule has 52 heavy (non-hydrogen) atoms. The Kier molecular flexibility index (Phi) is 6.92. The number of hydrogen-bond acceptors (Lipinski definition) is 7. The first-order valence-electron chi connectivity index (χ1n) is 16.9. The number of rotatable bonds is 6. The minimum absolute atomic E-state index is 0.474. The molecule has 0 amide bonds. The van der Waals surface area contributed by atoms with E-state index in [1.165, 1.54) is 6.33 Å². The van der Waals surface area contributed by atoms with Crippen LogP contribution in [-0.2, 0) is 0 Å². The summed E-state index contributed by atoms with van der Waals surface area (Å²) in [5.41, 5.74) is 7.83. The van der Waals surface area contributed by atoms with Crippen molar-refractivity contribution in [1.29, 1.82) is 0 Å². The second-order valence-electron chi connectivity index (χ2n) is 12.4. The molecule has 10 rings (SSSR count). The quantitative estimate of drug-likeness (QED) is 0.174. The van der Waals surface area contributed by atoms with Crippen molar-refractivity contribution in [3.63, 3.8) is 0 Å². The molecule has 0 atom stereocenters. The third-order valence-corrected chi connectivity index (χ3v) is 9.21. The Bertz CT molecular complexity index is 2830. The molecule has 0 spiro atoms. The maximum absolute atomic E-state index is 5.05. The average Bonchev–Trinajstić information content (AvgIpc) is 3.81. The van der Waals surface area contributed by atoms with Crippen molar-refractivity contribution < 1.29 is 0 Å². The molecule has 0 aliphatic heterocycles. The fraction of sp³-hybridized carbons (Fsp3) is 0. The van der Waals surface area contributed by atoms with Gasteiger partial charge >= 0.3 is 0 Å². The first kappa shape index (κ1) is 29.5. The lowest BCUT2D eigenvalue weighted by Gasteiger charge is -2.11. The summed E-state index contributed by atoms with van der Waals surface area (Å²) >= 11 is 0. The van der Waals surface area contributed by atoms with Gasteiger partial charge in [-0.3, -0.25) is 4.57 Å². The second kappa shape index (κ2) is 12.2. The lowest BCUT2D eigenvalue weighted by Crippen LogP contribution is -2.06. The zero-order valence-electron chi connectivity index (χ0n) is 27.6. The van der Waals surface area contributed by atoms with Crippen molar-refractivity contribution >= 4 is 27.6 Å². The molecule has 9 nitrogen and oxygen atoms in total. The predicted octanol–water partition coefficient (Wildman–Crippen LogP) is 9.14. The highest BCUT2D eigenvalue weighted by atomic mass is 15.4. The van der Waals surface area contributed by atoms with Crippen LogP contribution in [0.4, 0.5) is 0 Å². The first-order valence-corrected chi connectivity index (χ1v) is 16.9. The number of nitrogens with zero attached hydrogens (tertiary/aromatic N) is 9. The van der Waals surface area contributed by atoms with E-state index in [4.69, 9.17) is 25.0 Å². The van der Waals surface area contributed by atoms with Crippen LogP contribution in [0.2, 0.25) is 0 Å². The number of hydrogen-bond donors (Lipinski definition) is 0. The van der Waals surface area contributed by atoms with Gasteiger partial charge in [-0.2, -0.15) is 24.5 Å². The Morgan fingerprint density at radius 3 is 1.62 bits per heavy atom. The van der Waals surface area contributed by atoms with Gasteiger partial charge in [-0.15, -0.1) is 5.10 Å². The lowest BCUT2D eigenvalue weighted by atomic mass is 10.0. The topological polar surface area (TPSA) is 99.6 Å². The Hall–Kier alpha value is -7.39. The van der Waals surface area contributed by atoms with Crippen molar-refractivity contribution in [1.82, 2.24) is 44.1 Å². The molecule has 0 aliphatic rings. The zero-order valence-corrected chi connectivity index (χ0v) is 27.6. The van der Waals surface area contributed by atoms with E-state index >= 15 is 0 Å². The normalized spacial score (nSPS) is 11.5. The average molecular weight is 670 g/mol. The van der Waals surface area contributed by atoms with E-state index in [0.29, 0.717) is 35.0 Å². The van der Waals surface area contributed by atoms with Gasteiger partial charge in [-0.25, -0.2) is 9.97 Å². The van der Waals surface area contributed by atoms with Crippen LogP contribution in [0, 0.1) is 0 Å². The van der Waals surface area contributed by atoms with E-state index in [-0.39, 0.29) is 0 Å². The molecular formula is C43H27N9. The highest BCUT2D eigenvalue weighted by molar-refractivity contribution is 6.10. The maximum atomic E-state index is 5.05. The summed E-state index contributed by atoms with van der Waals surface area (Å²) in [4.78, 5) is 28.9. The Balaban J connectivity index is 1.11. The van der Waals surface area contributed by atoms with E-state index in [1.54, 1.807) is 4.52 Å². The molecule has 0 N–H and O–H groups in total. The van der Waals surface area contributed by atoms with Crippen molar-refractivity contribution in [2.45, 2.75) is 0 Å². The highest BCUT2D eigenvalue weighted by Crippen LogP contribution is 2.35. The van der Waals surface area contributed by atoms with Crippen molar-refractivity contribution in [3.05, 3.63) is 164 Å². The molecule has 4 heterocycles. The molecule has 4 aromatic heterocycles. The fourth-order valence-corrected chi connectivity index (χ4v) is 6.71. The summed E-state index contributed by atoms with van der Waals surface area (Å²) in [7, 11) is 0. The van der Waals surface area contributed by atoms with Crippen LogP contribution in [0.15, 0.2) is 164 Å². The summed E-state index contributed by atoms with van der Waals surface area (Å²) in [6.07, 6.45) is 1.54. The lowest BCUT2D eigenvalue weighted by molar-refractivity contribution is 0.905. The smallest absolute Gasteiger partial charge is 0.256 e. The molecule has 0 fully saturated rings. The van der Waals surface area contributed by atoms with Gasteiger partial charge < -0.3 is 0 Å². The van der Waals surface area contributed by atoms with Gasteiger partial charge in [0.15, 0.2) is 23.3 Å². The maximum Gasteiger partial charge on any atom is 0.256 e. The van der Waals surface area contributed by atoms with Gasteiger partial charge in [0.2, 0.25) is 5.95 Å². The van der Waals surface area contributed by atoms with E-state index in [0.717, 1.165) is 55.2 Å². The third kappa shape index (κ3) is 5.07. The van der Waals surface area contributed by atoms with Crippen LogP contribution in [-0.4, -0.2) is 44.1 Å². The van der Waals surface area contributed by atoms with Gasteiger partial charge in [0.25, 0.3) is 5.78 Å². The summed E-state index contributed by atoms with van der Waals surface area (Å²) in [5.74, 6) is 3.44. The van der Waals surface area contributed by atoms with Crippen LogP contribution in [0.3, 0.4) is 0 Å². The fourth-order valence-electron chi connectivity index (χ4n) is 6.71. The largest absolute Gasteiger partial charge is 0.278 e. The summed E-state index contributed by atoms with van der Waals surface area (Å²) in [5, 5.41) is 6.97. The number of benzene rings is 6. The van der Waals surface area contributed by atoms with Crippen LogP contribution >= 0.6 is 0 Å². The van der Waals surface area contributed by atoms with E-state index in [9.17, 15) is 0 Å². The molecule has 0 unspecified atom stereocenters. The van der Waals surface area contributed by atoms with Gasteiger partial charge in [-0.1, -0.05) is 133 Å². The minimum Gasteiger partial charge on any atom is -0.278 e. The standard InChI is InChI=1S/C43H27N9/c1-4-12-28(13-5-1)29-20-22-32(23-21-29)40-49-42-45-27-44-41(52(42)50-40)33-24-25-37-35(26-33)34-18-10-11-19-36(34)51(37)43-47-38(30-14-6-2-7-15-30)46-39(48-43)31-16-8-3-9-17-31/h1-27H. The van der Waals surface area contributed by atoms with Crippen LogP contribution < -0.4 is 0 Å². The van der Waals surface area contributed by atoms with Gasteiger partial charge in [0.05, 0.1) is 11.0 Å². The van der Waals surface area contributed by atoms with Gasteiger partial charge in [-0.05, 0) is 35.4 Å². The molecule has 9 heteroatoms. The van der Waals surface area contributed by atoms with Gasteiger partial charge in [0, 0.05) is 33.0 Å². The molecule has 6 aromatic carbocycles. The van der Waals surface area contributed by atoms with Crippen molar-refractivity contribution in [3.8, 4) is 62.6 Å². The minimum atomic E-state index is 0.474. The van der Waals surface area contributed by atoms with Crippen LogP contribution in [0.25, 0.3) is 90.2 Å². The summed E-state index contributed by atoms with van der Waals surface area (Å²) < 4.78 is 3.82. The highest BCUT2D eigenvalue weighted by Gasteiger charge is 2.20.